The van der Waals surface area contributed by atoms with Crippen molar-refractivity contribution in [2.45, 2.75) is 257 Å². The molecule has 7 rings (SSSR count). The number of hydrogen-bond donors (Lipinski definition) is 7. The SMILES string of the molecule is CC[C@H]1OC(=O)C(C)[C@@H](O[C@@H]2C[C@](C)(OC)[C@H](O)C(C)O2)[C@H](C)[C@@H](O[C@@H]2O[C@H](C)C[C@@H](N(C)C)[C@H]2O)[C@](C)(O)C[C@@H](C)CN(CCCNC(=O)[C@H]2CCC3C4CC=C5CC(=O)CC[C@]5(C)C4[C@@H](O)C[C@@]32C)[C@H](C)[C@@H](O)[C@]1(C)O. The van der Waals surface area contributed by atoms with Crippen molar-refractivity contribution in [1.29, 1.82) is 0 Å². The molecular weight excluding hydrogens is 1000 g/mol. The Hall–Kier alpha value is -2.17. The van der Waals surface area contributed by atoms with Gasteiger partial charge in [0.1, 0.15) is 35.8 Å². The van der Waals surface area contributed by atoms with E-state index in [1.165, 1.54) is 19.6 Å². The summed E-state index contributed by atoms with van der Waals surface area (Å²) in [5.74, 6) is -2.36. The van der Waals surface area contributed by atoms with E-state index in [1.54, 1.807) is 34.6 Å². The summed E-state index contributed by atoms with van der Waals surface area (Å²) in [6, 6.07) is -1.03. The zero-order valence-electron chi connectivity index (χ0n) is 50.0. The number of methoxy groups -OCH3 is 1. The number of hydrogen-bond acceptors (Lipinski definition) is 17. The summed E-state index contributed by atoms with van der Waals surface area (Å²) in [6.45, 7) is 23.1. The minimum atomic E-state index is -1.94. The zero-order chi connectivity index (χ0) is 57.8. The van der Waals surface area contributed by atoms with Crippen LogP contribution in [0.15, 0.2) is 11.6 Å². The second-order valence-electron chi connectivity index (χ2n) is 27.2. The number of aliphatic hydroxyl groups excluding tert-OH is 4. The van der Waals surface area contributed by atoms with Gasteiger partial charge in [0.2, 0.25) is 5.91 Å². The number of nitrogens with zero attached hydrogens (tertiary/aromatic N) is 2. The summed E-state index contributed by atoms with van der Waals surface area (Å²) in [5.41, 5.74) is -4.09. The summed E-state index contributed by atoms with van der Waals surface area (Å²) in [6.07, 6.45) is -2.19. The number of aliphatic hydroxyl groups is 6. The van der Waals surface area contributed by atoms with E-state index in [-0.39, 0.29) is 83.5 Å². The smallest absolute Gasteiger partial charge is 0.311 e. The Morgan fingerprint density at radius 1 is 0.923 bits per heavy atom. The molecule has 3 aliphatic heterocycles. The van der Waals surface area contributed by atoms with Gasteiger partial charge < -0.3 is 69.3 Å². The average Bonchev–Trinajstić information content (AvgIpc) is 3.75. The molecule has 1 amide bonds. The lowest BCUT2D eigenvalue weighted by Gasteiger charge is -2.59. The number of allylic oxidation sites excluding steroid dienone is 2. The first kappa shape index (κ1) is 63.4. The number of esters is 1. The quantitative estimate of drug-likeness (QED) is 0.0781. The third kappa shape index (κ3) is 12.5. The monoisotopic (exact) mass is 1110 g/mol. The maximum Gasteiger partial charge on any atom is 0.311 e. The lowest BCUT2D eigenvalue weighted by atomic mass is 9.46. The number of rotatable bonds is 12. The molecule has 4 aliphatic carbocycles. The number of likely N-dealkylation sites (N-methyl/N-ethyl adjacent to an activating group) is 1. The highest BCUT2D eigenvalue weighted by atomic mass is 16.7. The van der Waals surface area contributed by atoms with Gasteiger partial charge in [-0.05, 0) is 155 Å². The van der Waals surface area contributed by atoms with Gasteiger partial charge >= 0.3 is 5.97 Å². The summed E-state index contributed by atoms with van der Waals surface area (Å²) < 4.78 is 38.4. The predicted octanol–water partition coefficient (Wildman–Crippen LogP) is 4.90. The van der Waals surface area contributed by atoms with Gasteiger partial charge in [0.25, 0.3) is 0 Å². The molecule has 0 spiro atoms. The molecule has 18 nitrogen and oxygen atoms in total. The van der Waals surface area contributed by atoms with Crippen molar-refractivity contribution in [2.75, 3.05) is 40.8 Å². The van der Waals surface area contributed by atoms with Gasteiger partial charge in [-0.3, -0.25) is 19.3 Å². The molecule has 5 unspecified atom stereocenters. The first-order valence-electron chi connectivity index (χ1n) is 29.8. The normalized spacial score (nSPS) is 49.1. The standard InChI is InChI=1S/C60H103N3O15/c1-16-45-60(12,72)50(67)36(6)63(25-17-24-61-53(69)42-21-20-41-40-19-18-38-27-39(64)22-23-56(38,8)47(40)44(65)29-57(41,42)9)31-32(2)28-58(10,71)52(78-55-48(66)43(62(13)14)26-33(3)74-55)34(4)49(35(5)54(70)76-45)77-46-30-59(11,73-15)51(68)37(7)75-46/h18,32-37,40-52,55,65-68,71-72H,16-17,19-31H2,1-15H3,(H,61,69)/t32-,33-,34+,35?,36-,37?,40?,41?,42-,43-,44+,45-,46-,47?,48-,49+,50-,51-,52-,55+,56+,57+,58-,59+,60-/m1/s1. The molecule has 3 saturated carbocycles. The van der Waals surface area contributed by atoms with Gasteiger partial charge in [0, 0.05) is 69.9 Å². The van der Waals surface area contributed by atoms with Crippen molar-refractivity contribution in [3.05, 3.63) is 11.6 Å². The Morgan fingerprint density at radius 2 is 1.62 bits per heavy atom. The highest BCUT2D eigenvalue weighted by Crippen LogP contribution is 2.66. The number of ketones is 1. The lowest BCUT2D eigenvalue weighted by Crippen LogP contribution is -2.60. The van der Waals surface area contributed by atoms with Gasteiger partial charge in [-0.1, -0.05) is 46.3 Å². The second-order valence-corrected chi connectivity index (χ2v) is 27.2. The molecule has 18 heteroatoms. The predicted molar refractivity (Wildman–Crippen MR) is 292 cm³/mol. The zero-order valence-corrected chi connectivity index (χ0v) is 50.0. The number of Topliss-reactive ketones (excluding diaryl/α,β-unsaturated/α-hetero) is 1. The topological polar surface area (TPSA) is 246 Å². The average molecular weight is 1110 g/mol. The highest BCUT2D eigenvalue weighted by molar-refractivity contribution is 5.83. The summed E-state index contributed by atoms with van der Waals surface area (Å²) in [4.78, 5) is 45.5. The Morgan fingerprint density at radius 3 is 2.27 bits per heavy atom. The second kappa shape index (κ2) is 24.6. The van der Waals surface area contributed by atoms with Crippen molar-refractivity contribution < 1.29 is 73.4 Å². The van der Waals surface area contributed by atoms with Crippen LogP contribution < -0.4 is 5.32 Å². The Labute approximate surface area is 466 Å². The number of carbonyl (C=O) groups is 3. The van der Waals surface area contributed by atoms with E-state index in [4.69, 9.17) is 28.4 Å². The molecule has 78 heavy (non-hydrogen) atoms. The molecule has 0 aromatic heterocycles. The molecule has 25 atom stereocenters. The Balaban J connectivity index is 1.13. The van der Waals surface area contributed by atoms with E-state index in [0.717, 1.165) is 25.7 Å². The van der Waals surface area contributed by atoms with Gasteiger partial charge in [-0.2, -0.15) is 0 Å². The number of carbonyl (C=O) groups excluding carboxylic acids is 3. The molecule has 6 fully saturated rings. The first-order chi connectivity index (χ1) is 36.3. The fourth-order valence-electron chi connectivity index (χ4n) is 16.6. The van der Waals surface area contributed by atoms with Gasteiger partial charge in [-0.15, -0.1) is 0 Å². The van der Waals surface area contributed by atoms with E-state index in [0.29, 0.717) is 51.7 Å². The molecule has 3 heterocycles. The lowest BCUT2D eigenvalue weighted by molar-refractivity contribution is -0.318. The maximum absolute atomic E-state index is 14.7. The van der Waals surface area contributed by atoms with Crippen molar-refractivity contribution in [3.63, 3.8) is 0 Å². The molecule has 0 aromatic carbocycles. The third-order valence-corrected chi connectivity index (χ3v) is 21.1. The van der Waals surface area contributed by atoms with Crippen molar-refractivity contribution in [1.82, 2.24) is 15.1 Å². The van der Waals surface area contributed by atoms with Crippen LogP contribution in [-0.2, 0) is 42.8 Å². The van der Waals surface area contributed by atoms with Crippen molar-refractivity contribution in [2.24, 2.45) is 52.3 Å². The molecule has 7 N–H and O–H groups in total. The minimum absolute atomic E-state index is 0.0258. The molecule has 3 saturated heterocycles. The fraction of sp³-hybridized carbons (Fsp3) is 0.917. The van der Waals surface area contributed by atoms with Crippen LogP contribution in [0.4, 0.5) is 0 Å². The molecule has 0 aromatic rings. The third-order valence-electron chi connectivity index (χ3n) is 21.1. The van der Waals surface area contributed by atoms with Gasteiger partial charge in [-0.25, -0.2) is 0 Å². The van der Waals surface area contributed by atoms with Crippen LogP contribution in [0.25, 0.3) is 0 Å². The molecule has 7 aliphatic rings. The largest absolute Gasteiger partial charge is 0.459 e. The van der Waals surface area contributed by atoms with E-state index in [9.17, 15) is 45.0 Å². The summed E-state index contributed by atoms with van der Waals surface area (Å²) in [5, 5.41) is 75.9. The summed E-state index contributed by atoms with van der Waals surface area (Å²) >= 11 is 0. The molecular formula is C60H103N3O15. The van der Waals surface area contributed by atoms with Crippen LogP contribution in [0.5, 0.6) is 0 Å². The van der Waals surface area contributed by atoms with E-state index in [1.807, 2.05) is 46.7 Å². The van der Waals surface area contributed by atoms with E-state index >= 15 is 0 Å². The van der Waals surface area contributed by atoms with Crippen molar-refractivity contribution >= 4 is 17.7 Å². The Bertz CT molecular complexity index is 2110. The van der Waals surface area contributed by atoms with Crippen LogP contribution in [0.2, 0.25) is 0 Å². The number of amides is 1. The summed E-state index contributed by atoms with van der Waals surface area (Å²) in [7, 11) is 5.27. The van der Waals surface area contributed by atoms with Crippen LogP contribution >= 0.6 is 0 Å². The molecule has 448 valence electrons. The fourth-order valence-corrected chi connectivity index (χ4v) is 16.6. The minimum Gasteiger partial charge on any atom is -0.459 e. The maximum atomic E-state index is 14.7. The van der Waals surface area contributed by atoms with Crippen LogP contribution in [0, 0.1) is 52.3 Å². The van der Waals surface area contributed by atoms with Crippen LogP contribution in [0.3, 0.4) is 0 Å². The molecule has 0 bridgehead atoms. The van der Waals surface area contributed by atoms with Gasteiger partial charge in [0.05, 0.1) is 47.6 Å². The number of fused-ring (bicyclic) bond motifs is 5. The Kier molecular flexibility index (Phi) is 20.0. The van der Waals surface area contributed by atoms with Crippen molar-refractivity contribution in [3.8, 4) is 0 Å². The molecule has 0 radical (unpaired) electrons. The van der Waals surface area contributed by atoms with Crippen LogP contribution in [0.1, 0.15) is 160 Å². The number of nitrogens with one attached hydrogen (secondary N) is 1. The highest BCUT2D eigenvalue weighted by Gasteiger charge is 2.63. The van der Waals surface area contributed by atoms with E-state index < -0.39 is 102 Å². The van der Waals surface area contributed by atoms with Crippen LogP contribution in [-0.4, -0.2) is 195 Å². The number of cyclic esters (lactones) is 1. The number of ether oxygens (including phenoxy) is 6. The van der Waals surface area contributed by atoms with Gasteiger partial charge in [0.15, 0.2) is 12.6 Å². The first-order valence-corrected chi connectivity index (χ1v) is 29.8. The van der Waals surface area contributed by atoms with E-state index in [2.05, 4.69) is 30.1 Å².